The third kappa shape index (κ3) is 62.3. The molecule has 0 heterocycles. The van der Waals surface area contributed by atoms with Gasteiger partial charge in [-0.2, -0.15) is 5.26 Å². The first-order valence-corrected chi connectivity index (χ1v) is 20.2. The predicted molar refractivity (Wildman–Crippen MR) is 315 cm³/mol. The lowest BCUT2D eigenvalue weighted by atomic mass is 10.4. The third-order valence-corrected chi connectivity index (χ3v) is 4.93. The molecule has 1 heteroatoms. The minimum Gasteiger partial charge on any atom is -0.183 e. The fourth-order valence-corrected chi connectivity index (χ4v) is 2.43. The van der Waals surface area contributed by atoms with Crippen molar-refractivity contribution in [1.82, 2.24) is 0 Å². The lowest BCUT2D eigenvalue weighted by Gasteiger charge is -1.58. The summed E-state index contributed by atoms with van der Waals surface area (Å²) in [6.45, 7) is 1.68. The zero-order valence-corrected chi connectivity index (χ0v) is 40.9. The van der Waals surface area contributed by atoms with Gasteiger partial charge in [-0.05, 0) is 54.3 Å². The van der Waals surface area contributed by atoms with Crippen LogP contribution in [0.1, 0.15) is 6.92 Å². The molecule has 0 bridgehead atoms. The predicted octanol–water partition coefficient (Wildman–Crippen LogP) is 0.662. The lowest BCUT2D eigenvalue weighted by Crippen LogP contribution is -1.57. The van der Waals surface area contributed by atoms with Crippen molar-refractivity contribution < 1.29 is 0 Å². The van der Waals surface area contributed by atoms with Crippen LogP contribution in [0.3, 0.4) is 0 Å². The van der Waals surface area contributed by atoms with Gasteiger partial charge >= 0.3 is 0 Å². The van der Waals surface area contributed by atoms with Gasteiger partial charge in [-0.3, -0.25) is 0 Å². The summed E-state index contributed by atoms with van der Waals surface area (Å²) in [7, 11) is 0. The molecule has 0 radical (unpaired) electrons. The van der Waals surface area contributed by atoms with E-state index in [1.54, 1.807) is 13.0 Å². The third-order valence-electron chi connectivity index (χ3n) is 4.93. The Morgan fingerprint density at radius 1 is 0.0988 bits per heavy atom. The molecule has 0 atom stereocenters. The summed E-state index contributed by atoms with van der Waals surface area (Å²) in [6, 6.07) is 1.63. The van der Waals surface area contributed by atoms with E-state index in [-0.39, 0.29) is 0 Å². The van der Waals surface area contributed by atoms with Crippen molar-refractivity contribution in [2.75, 3.05) is 0 Å². The second-order valence-corrected chi connectivity index (χ2v) is 9.99. The number of hydrogen-bond donors (Lipinski definition) is 0. The van der Waals surface area contributed by atoms with Crippen LogP contribution >= 0.6 is 0 Å². The molecule has 0 aliphatic heterocycles. The van der Waals surface area contributed by atoms with Crippen LogP contribution in [0.5, 0.6) is 0 Å². The zero-order chi connectivity index (χ0) is 57.9. The van der Waals surface area contributed by atoms with Crippen molar-refractivity contribution in [3.8, 4) is 468 Å². The lowest BCUT2D eigenvalue weighted by molar-refractivity contribution is 1.55. The van der Waals surface area contributed by atoms with Crippen LogP contribution in [0.15, 0.2) is 0 Å². The molecule has 0 aromatic heterocycles. The molecule has 0 N–H and O–H groups in total. The van der Waals surface area contributed by atoms with Gasteiger partial charge in [0.25, 0.3) is 0 Å². The Hall–Kier alpha value is -17.7. The molecule has 0 saturated carbocycles. The number of rotatable bonds is 0. The summed E-state index contributed by atoms with van der Waals surface area (Å²) in [6.07, 6.45) is 0. The van der Waals surface area contributed by atoms with Gasteiger partial charge in [0.05, 0.1) is 0 Å². The highest BCUT2D eigenvalue weighted by Crippen LogP contribution is 1.65. The molecule has 0 amide bonds. The molecule has 0 aliphatic rings. The minimum absolute atomic E-state index is 1.63. The van der Waals surface area contributed by atoms with Crippen molar-refractivity contribution in [3.05, 3.63) is 0 Å². The average molecular weight is 978 g/mol. The first kappa shape index (κ1) is 63.3. The number of hydrogen-bond acceptors (Lipinski definition) is 1. The van der Waals surface area contributed by atoms with Gasteiger partial charge in [0.1, 0.15) is 0 Å². The van der Waals surface area contributed by atoms with E-state index in [1.807, 2.05) is 0 Å². The maximum atomic E-state index is 8.21. The molecule has 0 rings (SSSR count). The molecule has 0 spiro atoms. The molecule has 328 valence electrons. The zero-order valence-electron chi connectivity index (χ0n) is 40.9. The van der Waals surface area contributed by atoms with E-state index >= 15 is 0 Å². The maximum Gasteiger partial charge on any atom is 0.153 e. The minimum atomic E-state index is 1.63. The highest BCUT2D eigenvalue weighted by atomic mass is 14.2. The van der Waals surface area contributed by atoms with Gasteiger partial charge in [-0.1, -0.05) is 5.92 Å². The first-order valence-electron chi connectivity index (χ1n) is 20.2. The van der Waals surface area contributed by atoms with Crippen LogP contribution in [0, 0.1) is 473 Å². The molecule has 1 nitrogen and oxygen atoms in total. The highest BCUT2D eigenvalue weighted by Gasteiger charge is 1.65. The van der Waals surface area contributed by atoms with E-state index in [2.05, 4.69) is 462 Å². The smallest absolute Gasteiger partial charge is 0.153 e. The Morgan fingerprint density at radius 2 is 0.160 bits per heavy atom. The molecule has 0 fully saturated rings. The molecule has 0 aromatic carbocycles. The van der Waals surface area contributed by atoms with Gasteiger partial charge in [-0.25, -0.2) is 0 Å². The van der Waals surface area contributed by atoms with Crippen molar-refractivity contribution in [2.45, 2.75) is 6.92 Å². The van der Waals surface area contributed by atoms with E-state index in [1.165, 1.54) is 0 Å². The second kappa shape index (κ2) is 62.3. The second-order valence-electron chi connectivity index (χ2n) is 9.99. The summed E-state index contributed by atoms with van der Waals surface area (Å²) in [5.74, 6) is 194. The summed E-state index contributed by atoms with van der Waals surface area (Å²) in [4.78, 5) is 0. The van der Waals surface area contributed by atoms with E-state index in [0.717, 1.165) is 0 Å². The summed E-state index contributed by atoms with van der Waals surface area (Å²) in [5, 5.41) is 8.21. The Bertz CT molecular complexity index is 5500. The molecule has 0 unspecified atom stereocenters. The van der Waals surface area contributed by atoms with E-state index < -0.39 is 0 Å². The van der Waals surface area contributed by atoms with E-state index in [0.29, 0.717) is 0 Å². The van der Waals surface area contributed by atoms with Crippen molar-refractivity contribution in [3.63, 3.8) is 0 Å². The fourth-order valence-electron chi connectivity index (χ4n) is 2.43. The summed E-state index contributed by atoms with van der Waals surface area (Å²) < 4.78 is 0. The fraction of sp³-hybridized carbons (Fsp3) is 0.0125. The van der Waals surface area contributed by atoms with Crippen LogP contribution in [-0.4, -0.2) is 0 Å². The highest BCUT2D eigenvalue weighted by molar-refractivity contribution is 5.54. The summed E-state index contributed by atoms with van der Waals surface area (Å²) >= 11 is 0. The molecule has 0 aromatic rings. The topological polar surface area (TPSA) is 23.8 Å². The summed E-state index contributed by atoms with van der Waals surface area (Å²) in [5.41, 5.74) is 0. The largest absolute Gasteiger partial charge is 0.183 e. The monoisotopic (exact) mass is 977 g/mol. The van der Waals surface area contributed by atoms with Crippen LogP contribution in [0.25, 0.3) is 0 Å². The molecule has 0 aliphatic carbocycles. The van der Waals surface area contributed by atoms with Gasteiger partial charge in [0.15, 0.2) is 6.07 Å². The first-order chi connectivity index (χ1) is 40.4. The van der Waals surface area contributed by atoms with E-state index in [9.17, 15) is 0 Å². The van der Waals surface area contributed by atoms with E-state index in [4.69, 9.17) is 5.26 Å². The molecule has 81 heavy (non-hydrogen) atoms. The quantitative estimate of drug-likeness (QED) is 0.328. The van der Waals surface area contributed by atoms with Crippen LogP contribution in [0.2, 0.25) is 0 Å². The van der Waals surface area contributed by atoms with Crippen LogP contribution in [0.4, 0.5) is 0 Å². The molecule has 0 saturated heterocycles. The van der Waals surface area contributed by atoms with Crippen molar-refractivity contribution in [2.24, 2.45) is 0 Å². The van der Waals surface area contributed by atoms with Crippen molar-refractivity contribution >= 4 is 0 Å². The van der Waals surface area contributed by atoms with Gasteiger partial charge in [-0.15, -0.1) is 0 Å². The Kier molecular flexibility index (Phi) is 48.7. The SMILES string of the molecule is CC#CC#CC#CC#CC#CC#CC#CC#CC#CC#CC#CC#CC#CC#CC#CC#CC#CC#CC#CC#CC#CC#CC#CC#CC#CC#CC#CC#CC#CC#CC#CC#CC#CC#CC#CC#CC#CC#CC#CC#N. The van der Waals surface area contributed by atoms with Gasteiger partial charge in [0.2, 0.25) is 0 Å². The van der Waals surface area contributed by atoms with Gasteiger partial charge in [0, 0.05) is 409 Å². The normalized spacial score (nSPS) is 3.95. The Morgan fingerprint density at radius 3 is 0.222 bits per heavy atom. The number of nitriles is 1. The van der Waals surface area contributed by atoms with Crippen molar-refractivity contribution in [1.29, 1.82) is 5.26 Å². The molecular formula is C80H3N. The average Bonchev–Trinajstić information content (AvgIpc) is 3.48. The Balaban J connectivity index is 4.62. The number of nitrogens with zero attached hydrogens (tertiary/aromatic N) is 1. The van der Waals surface area contributed by atoms with Crippen LogP contribution in [-0.2, 0) is 0 Å². The Labute approximate surface area is 477 Å². The standard InChI is InChI=1S/C80H3N/c1-2-3-4-5-6-7-8-9-10-11-12-13-14-15-16-17-18-19-20-21-22-23-24-25-26-27-28-29-30-31-32-33-34-35-36-37-38-39-40-41-42-43-44-45-46-47-48-49-50-51-52-53-54-55-56-57-58-59-60-61-62-63-64-65-66-67-68-69-70-71-72-73-74-75-76-77-78-79-80-81/h1H3. The molecular weight excluding hydrogens is 975 g/mol. The van der Waals surface area contributed by atoms with Crippen LogP contribution < -0.4 is 0 Å². The maximum absolute atomic E-state index is 8.21. The van der Waals surface area contributed by atoms with Gasteiger partial charge < -0.3 is 0 Å².